The largest absolute Gasteiger partial charge is 0.408 e. The quantitative estimate of drug-likeness (QED) is 0.733. The molecule has 0 radical (unpaired) electrons. The van der Waals surface area contributed by atoms with Crippen molar-refractivity contribution in [3.05, 3.63) is 16.4 Å². The minimum Gasteiger partial charge on any atom is -0.381 e. The molecule has 5 heterocycles. The SMILES string of the molecule is O=c1cc(N2C[C@@H]3CC2CO3)nc2n1CC[C@@H](C(F)(F)F)N2CCC1CCOCC1. The highest BCUT2D eigenvalue weighted by atomic mass is 19.4. The fourth-order valence-corrected chi connectivity index (χ4v) is 5.24. The molecule has 30 heavy (non-hydrogen) atoms. The first-order valence-electron chi connectivity index (χ1n) is 10.8. The molecule has 5 rings (SSSR count). The lowest BCUT2D eigenvalue weighted by Crippen LogP contribution is -2.53. The van der Waals surface area contributed by atoms with E-state index in [2.05, 4.69) is 4.98 Å². The number of anilines is 2. The molecule has 10 heteroatoms. The lowest BCUT2D eigenvalue weighted by molar-refractivity contribution is -0.152. The van der Waals surface area contributed by atoms with Crippen LogP contribution in [0.4, 0.5) is 24.9 Å². The molecule has 4 aliphatic rings. The second-order valence-electron chi connectivity index (χ2n) is 8.79. The summed E-state index contributed by atoms with van der Waals surface area (Å²) in [6.45, 7) is 2.79. The highest BCUT2D eigenvalue weighted by Gasteiger charge is 2.47. The molecule has 7 nitrogen and oxygen atoms in total. The topological polar surface area (TPSA) is 59.8 Å². The van der Waals surface area contributed by atoms with Gasteiger partial charge in [-0.1, -0.05) is 0 Å². The normalized spacial score (nSPS) is 29.5. The number of fused-ring (bicyclic) bond motifs is 3. The van der Waals surface area contributed by atoms with Gasteiger partial charge in [0, 0.05) is 38.9 Å². The predicted octanol–water partition coefficient (Wildman–Crippen LogP) is 2.18. The van der Waals surface area contributed by atoms with Gasteiger partial charge in [-0.05, 0) is 38.0 Å². The van der Waals surface area contributed by atoms with Gasteiger partial charge in [0.15, 0.2) is 0 Å². The third kappa shape index (κ3) is 3.68. The van der Waals surface area contributed by atoms with Crippen molar-refractivity contribution in [3.8, 4) is 0 Å². The molecule has 0 amide bonds. The van der Waals surface area contributed by atoms with Crippen LogP contribution in [0.5, 0.6) is 0 Å². The number of aromatic nitrogens is 2. The molecule has 3 atom stereocenters. The Bertz CT molecular complexity index is 840. The van der Waals surface area contributed by atoms with Crippen molar-refractivity contribution in [1.29, 1.82) is 0 Å². The number of morpholine rings is 1. The zero-order valence-corrected chi connectivity index (χ0v) is 16.8. The number of ether oxygens (including phenoxy) is 2. The van der Waals surface area contributed by atoms with Gasteiger partial charge in [0.2, 0.25) is 5.95 Å². The maximum Gasteiger partial charge on any atom is 0.408 e. The molecular formula is C20H27F3N4O3. The van der Waals surface area contributed by atoms with Crippen molar-refractivity contribution >= 4 is 11.8 Å². The zero-order chi connectivity index (χ0) is 20.9. The number of hydrogen-bond donors (Lipinski definition) is 0. The van der Waals surface area contributed by atoms with Gasteiger partial charge in [0.05, 0.1) is 18.8 Å². The van der Waals surface area contributed by atoms with Crippen molar-refractivity contribution in [2.24, 2.45) is 5.92 Å². The molecule has 3 saturated heterocycles. The number of halogens is 3. The first-order valence-corrected chi connectivity index (χ1v) is 10.8. The summed E-state index contributed by atoms with van der Waals surface area (Å²) in [5, 5.41) is 0. The van der Waals surface area contributed by atoms with E-state index in [1.807, 2.05) is 4.90 Å². The fourth-order valence-electron chi connectivity index (χ4n) is 5.24. The van der Waals surface area contributed by atoms with Crippen LogP contribution in [0.25, 0.3) is 0 Å². The number of alkyl halides is 3. The summed E-state index contributed by atoms with van der Waals surface area (Å²) in [4.78, 5) is 20.8. The van der Waals surface area contributed by atoms with Crippen molar-refractivity contribution in [2.75, 3.05) is 42.7 Å². The maximum atomic E-state index is 13.9. The van der Waals surface area contributed by atoms with Gasteiger partial charge in [-0.3, -0.25) is 9.36 Å². The lowest BCUT2D eigenvalue weighted by Gasteiger charge is -2.40. The second-order valence-corrected chi connectivity index (χ2v) is 8.79. The van der Waals surface area contributed by atoms with Gasteiger partial charge in [-0.2, -0.15) is 18.2 Å². The highest BCUT2D eigenvalue weighted by molar-refractivity contribution is 5.49. The molecule has 0 aromatic carbocycles. The first-order chi connectivity index (χ1) is 14.4. The minimum atomic E-state index is -4.37. The molecule has 1 unspecified atom stereocenters. The number of nitrogens with zero attached hydrogens (tertiary/aromatic N) is 4. The average Bonchev–Trinajstić information content (AvgIpc) is 3.35. The Balaban J connectivity index is 1.46. The molecule has 166 valence electrons. The van der Waals surface area contributed by atoms with E-state index in [9.17, 15) is 18.0 Å². The Labute approximate surface area is 172 Å². The molecule has 3 fully saturated rings. The van der Waals surface area contributed by atoms with Gasteiger partial charge < -0.3 is 19.3 Å². The van der Waals surface area contributed by atoms with E-state index in [4.69, 9.17) is 9.47 Å². The summed E-state index contributed by atoms with van der Waals surface area (Å²) in [5.41, 5.74) is -0.282. The first kappa shape index (κ1) is 20.1. The van der Waals surface area contributed by atoms with Crippen molar-refractivity contribution in [2.45, 2.75) is 63.0 Å². The highest BCUT2D eigenvalue weighted by Crippen LogP contribution is 2.37. The lowest BCUT2D eigenvalue weighted by atomic mass is 9.96. The van der Waals surface area contributed by atoms with Crippen molar-refractivity contribution < 1.29 is 22.6 Å². The Kier molecular flexibility index (Phi) is 5.17. The van der Waals surface area contributed by atoms with Crippen molar-refractivity contribution in [3.63, 3.8) is 0 Å². The summed E-state index contributed by atoms with van der Waals surface area (Å²) in [6, 6.07) is -0.00473. The zero-order valence-electron chi connectivity index (χ0n) is 16.8. The van der Waals surface area contributed by atoms with Crippen LogP contribution in [0.3, 0.4) is 0 Å². The molecule has 0 aliphatic carbocycles. The number of rotatable bonds is 4. The summed E-state index contributed by atoms with van der Waals surface area (Å²) in [6.07, 6.45) is -1.15. The van der Waals surface area contributed by atoms with Gasteiger partial charge in [0.25, 0.3) is 5.56 Å². The maximum absolute atomic E-state index is 13.9. The minimum absolute atomic E-state index is 0.0363. The molecule has 4 aliphatic heterocycles. The Morgan fingerprint density at radius 1 is 1.20 bits per heavy atom. The number of hydrogen-bond acceptors (Lipinski definition) is 6. The standard InChI is InChI=1S/C20H27F3N4O3/c21-20(22,23)16-2-6-26-18(28)10-17(27-11-15-9-14(27)12-30-15)24-19(26)25(16)5-1-13-3-7-29-8-4-13/h10,13-16H,1-9,11-12H2/t14?,15-,16-/m0/s1. The van der Waals surface area contributed by atoms with E-state index in [-0.39, 0.29) is 43.2 Å². The summed E-state index contributed by atoms with van der Waals surface area (Å²) < 4.78 is 54.0. The van der Waals surface area contributed by atoms with Gasteiger partial charge in [-0.25, -0.2) is 0 Å². The van der Waals surface area contributed by atoms with Crippen LogP contribution in [-0.2, 0) is 16.0 Å². The van der Waals surface area contributed by atoms with Crippen LogP contribution in [0, 0.1) is 5.92 Å². The van der Waals surface area contributed by atoms with E-state index in [0.717, 1.165) is 19.3 Å². The average molecular weight is 428 g/mol. The van der Waals surface area contributed by atoms with E-state index in [1.54, 1.807) is 0 Å². The van der Waals surface area contributed by atoms with Crippen LogP contribution in [0.1, 0.15) is 32.1 Å². The van der Waals surface area contributed by atoms with Crippen LogP contribution in [0.2, 0.25) is 0 Å². The monoisotopic (exact) mass is 428 g/mol. The summed E-state index contributed by atoms with van der Waals surface area (Å²) in [7, 11) is 0. The van der Waals surface area contributed by atoms with E-state index < -0.39 is 12.2 Å². The third-order valence-electron chi connectivity index (χ3n) is 6.93. The van der Waals surface area contributed by atoms with Gasteiger partial charge in [0.1, 0.15) is 11.9 Å². The Morgan fingerprint density at radius 3 is 2.67 bits per heavy atom. The van der Waals surface area contributed by atoms with E-state index >= 15 is 0 Å². The molecule has 0 spiro atoms. The van der Waals surface area contributed by atoms with E-state index in [0.29, 0.717) is 44.5 Å². The van der Waals surface area contributed by atoms with Crippen LogP contribution >= 0.6 is 0 Å². The van der Waals surface area contributed by atoms with Gasteiger partial charge in [-0.15, -0.1) is 0 Å². The molecule has 0 N–H and O–H groups in total. The van der Waals surface area contributed by atoms with E-state index in [1.165, 1.54) is 15.5 Å². The van der Waals surface area contributed by atoms with Crippen LogP contribution < -0.4 is 15.4 Å². The third-order valence-corrected chi connectivity index (χ3v) is 6.93. The molecule has 2 bridgehead atoms. The second kappa shape index (κ2) is 7.71. The van der Waals surface area contributed by atoms with Crippen LogP contribution in [0.15, 0.2) is 10.9 Å². The van der Waals surface area contributed by atoms with Crippen LogP contribution in [-0.4, -0.2) is 66.8 Å². The van der Waals surface area contributed by atoms with Gasteiger partial charge >= 0.3 is 6.18 Å². The molecule has 1 aromatic heterocycles. The smallest absolute Gasteiger partial charge is 0.381 e. The fraction of sp³-hybridized carbons (Fsp3) is 0.800. The molecule has 1 aromatic rings. The summed E-state index contributed by atoms with van der Waals surface area (Å²) >= 11 is 0. The van der Waals surface area contributed by atoms with Crippen molar-refractivity contribution in [1.82, 2.24) is 9.55 Å². The Hall–Kier alpha value is -1.81. The molecular weight excluding hydrogens is 401 g/mol. The summed E-state index contributed by atoms with van der Waals surface area (Å²) in [5.74, 6) is 0.965. The predicted molar refractivity (Wildman–Crippen MR) is 104 cm³/mol. The Morgan fingerprint density at radius 2 is 2.00 bits per heavy atom. The molecule has 0 saturated carbocycles.